The Morgan fingerprint density at radius 2 is 1.95 bits per heavy atom. The van der Waals surface area contributed by atoms with Gasteiger partial charge >= 0.3 is 0 Å². The van der Waals surface area contributed by atoms with Crippen LogP contribution in [0, 0.1) is 11.3 Å². The third-order valence-corrected chi connectivity index (χ3v) is 4.44. The molecule has 4 nitrogen and oxygen atoms in total. The Bertz CT molecular complexity index is 619. The van der Waals surface area contributed by atoms with Crippen molar-refractivity contribution in [3.05, 3.63) is 35.9 Å². The van der Waals surface area contributed by atoms with Crippen molar-refractivity contribution in [3.63, 3.8) is 0 Å². The Balaban J connectivity index is 1.57. The van der Waals surface area contributed by atoms with Crippen molar-refractivity contribution in [1.82, 2.24) is 5.43 Å². The number of carbonyl (C=O) groups excluding carboxylic acids is 2. The number of Topliss-reactive ketones (excluding diaryl/α,β-unsaturated/α-hetero) is 1. The first-order valence-corrected chi connectivity index (χ1v) is 7.86. The number of hydrogen-bond acceptors (Lipinski definition) is 3. The maximum absolute atomic E-state index is 12.2. The predicted octanol–water partition coefficient (Wildman–Crippen LogP) is 3.04. The van der Waals surface area contributed by atoms with Gasteiger partial charge in [0.25, 0.3) is 0 Å². The highest BCUT2D eigenvalue weighted by molar-refractivity contribution is 6.05. The molecule has 0 aliphatic heterocycles. The molecule has 0 unspecified atom stereocenters. The Kier molecular flexibility index (Phi) is 3.85. The van der Waals surface area contributed by atoms with Crippen LogP contribution >= 0.6 is 0 Å². The van der Waals surface area contributed by atoms with E-state index in [9.17, 15) is 9.59 Å². The van der Waals surface area contributed by atoms with E-state index >= 15 is 0 Å². The lowest BCUT2D eigenvalue weighted by atomic mass is 9.76. The minimum Gasteiger partial charge on any atom is -0.299 e. The molecule has 3 rings (SSSR count). The average molecular weight is 298 g/mol. The number of hydrazone groups is 1. The van der Waals surface area contributed by atoms with Gasteiger partial charge in [-0.25, -0.2) is 5.43 Å². The van der Waals surface area contributed by atoms with Crippen LogP contribution in [0.4, 0.5) is 0 Å². The van der Waals surface area contributed by atoms with E-state index < -0.39 is 0 Å². The number of benzene rings is 1. The molecule has 2 fully saturated rings. The minimum atomic E-state index is -0.0505. The van der Waals surface area contributed by atoms with Crippen LogP contribution in [0.15, 0.2) is 35.4 Å². The number of carbonyl (C=O) groups is 2. The second kappa shape index (κ2) is 5.67. The Labute approximate surface area is 131 Å². The number of nitrogens with one attached hydrogen (secondary N) is 1. The molecule has 2 saturated carbocycles. The van der Waals surface area contributed by atoms with Crippen LogP contribution in [0.2, 0.25) is 0 Å². The Morgan fingerprint density at radius 3 is 2.64 bits per heavy atom. The van der Waals surface area contributed by atoms with Crippen molar-refractivity contribution in [2.24, 2.45) is 16.4 Å². The molecule has 2 aliphatic carbocycles. The maximum atomic E-state index is 12.2. The zero-order valence-corrected chi connectivity index (χ0v) is 13.1. The van der Waals surface area contributed by atoms with Crippen LogP contribution in [-0.2, 0) is 9.59 Å². The lowest BCUT2D eigenvalue weighted by Crippen LogP contribution is -2.31. The molecule has 2 atom stereocenters. The second-order valence-corrected chi connectivity index (χ2v) is 7.25. The number of rotatable bonds is 3. The topological polar surface area (TPSA) is 58.5 Å². The molecule has 0 heterocycles. The van der Waals surface area contributed by atoms with Gasteiger partial charge in [0.2, 0.25) is 5.91 Å². The van der Waals surface area contributed by atoms with Crippen molar-refractivity contribution >= 4 is 17.4 Å². The third-order valence-electron chi connectivity index (χ3n) is 4.44. The van der Waals surface area contributed by atoms with E-state index in [2.05, 4.69) is 36.5 Å². The minimum absolute atomic E-state index is 0.0130. The normalized spacial score (nSPS) is 28.5. The van der Waals surface area contributed by atoms with Crippen LogP contribution in [0.25, 0.3) is 0 Å². The molecule has 2 aliphatic rings. The molecule has 4 heteroatoms. The summed E-state index contributed by atoms with van der Waals surface area (Å²) >= 11 is 0. The fourth-order valence-electron chi connectivity index (χ4n) is 3.35. The highest BCUT2D eigenvalue weighted by Crippen LogP contribution is 2.47. The standard InChI is InChI=1S/C18H22N2O2/c1-18(2)10-13(8-14(21)11-18)19-20-17(22)16-9-15(16)12-6-4-3-5-7-12/h3-7,15-16H,8-11H2,1-2H3,(H,20,22)/t15-,16+/m1/s1. The second-order valence-electron chi connectivity index (χ2n) is 7.25. The molecule has 0 radical (unpaired) electrons. The van der Waals surface area contributed by atoms with Gasteiger partial charge in [0.15, 0.2) is 0 Å². The van der Waals surface area contributed by atoms with Crippen LogP contribution < -0.4 is 5.43 Å². The molecule has 0 aromatic heterocycles. The lowest BCUT2D eigenvalue weighted by Gasteiger charge is -2.29. The van der Waals surface area contributed by atoms with Crippen molar-refractivity contribution in [2.75, 3.05) is 0 Å². The summed E-state index contributed by atoms with van der Waals surface area (Å²) in [7, 11) is 0. The fourth-order valence-corrected chi connectivity index (χ4v) is 3.35. The van der Waals surface area contributed by atoms with Crippen LogP contribution in [-0.4, -0.2) is 17.4 Å². The SMILES string of the molecule is CC1(C)CC(=O)CC(=NNC(=O)[C@H]2C[C@@H]2c2ccccc2)C1. The van der Waals surface area contributed by atoms with E-state index in [1.54, 1.807) is 0 Å². The molecular formula is C18H22N2O2. The van der Waals surface area contributed by atoms with E-state index in [0.29, 0.717) is 18.8 Å². The first-order valence-electron chi connectivity index (χ1n) is 7.86. The van der Waals surface area contributed by atoms with Gasteiger partial charge in [-0.05, 0) is 29.7 Å². The van der Waals surface area contributed by atoms with Crippen molar-refractivity contribution in [2.45, 2.75) is 45.4 Å². The summed E-state index contributed by atoms with van der Waals surface area (Å²) in [6.07, 6.45) is 2.62. The van der Waals surface area contributed by atoms with Crippen molar-refractivity contribution in [1.29, 1.82) is 0 Å². The molecule has 0 saturated heterocycles. The van der Waals surface area contributed by atoms with Gasteiger partial charge in [0.1, 0.15) is 5.78 Å². The smallest absolute Gasteiger partial charge is 0.243 e. The van der Waals surface area contributed by atoms with E-state index in [1.807, 2.05) is 18.2 Å². The molecule has 116 valence electrons. The summed E-state index contributed by atoms with van der Waals surface area (Å²) in [6.45, 7) is 4.13. The van der Waals surface area contributed by atoms with Crippen molar-refractivity contribution < 1.29 is 9.59 Å². The van der Waals surface area contributed by atoms with Gasteiger partial charge in [0.05, 0.1) is 0 Å². The summed E-state index contributed by atoms with van der Waals surface area (Å²) < 4.78 is 0. The number of amides is 1. The van der Waals surface area contributed by atoms with Gasteiger partial charge in [0, 0.05) is 24.5 Å². The summed E-state index contributed by atoms with van der Waals surface area (Å²) in [5.74, 6) is 0.500. The summed E-state index contributed by atoms with van der Waals surface area (Å²) in [4.78, 5) is 23.9. The van der Waals surface area contributed by atoms with Gasteiger partial charge in [-0.15, -0.1) is 0 Å². The molecule has 1 aromatic rings. The molecule has 1 N–H and O–H groups in total. The molecule has 1 aromatic carbocycles. The lowest BCUT2D eigenvalue weighted by molar-refractivity contribution is -0.123. The highest BCUT2D eigenvalue weighted by atomic mass is 16.2. The summed E-state index contributed by atoms with van der Waals surface area (Å²) in [5, 5.41) is 4.21. The molecule has 22 heavy (non-hydrogen) atoms. The first-order chi connectivity index (χ1) is 10.4. The van der Waals surface area contributed by atoms with Crippen LogP contribution in [0.5, 0.6) is 0 Å². The average Bonchev–Trinajstić information content (AvgIpc) is 3.24. The van der Waals surface area contributed by atoms with Gasteiger partial charge in [-0.2, -0.15) is 5.10 Å². The molecule has 1 amide bonds. The molecule has 0 bridgehead atoms. The van der Waals surface area contributed by atoms with Crippen molar-refractivity contribution in [3.8, 4) is 0 Å². The van der Waals surface area contributed by atoms with Gasteiger partial charge in [-0.3, -0.25) is 9.59 Å². The maximum Gasteiger partial charge on any atom is 0.243 e. The predicted molar refractivity (Wildman–Crippen MR) is 85.5 cm³/mol. The van der Waals surface area contributed by atoms with E-state index in [1.165, 1.54) is 5.56 Å². The van der Waals surface area contributed by atoms with Gasteiger partial charge in [-0.1, -0.05) is 44.2 Å². The summed E-state index contributed by atoms with van der Waals surface area (Å²) in [6, 6.07) is 10.1. The zero-order chi connectivity index (χ0) is 15.7. The highest BCUT2D eigenvalue weighted by Gasteiger charge is 2.44. The number of nitrogens with zero attached hydrogens (tertiary/aromatic N) is 1. The monoisotopic (exact) mass is 298 g/mol. The Hall–Kier alpha value is -1.97. The third kappa shape index (κ3) is 3.43. The number of hydrogen-bond donors (Lipinski definition) is 1. The zero-order valence-electron chi connectivity index (χ0n) is 13.1. The van der Waals surface area contributed by atoms with E-state index in [-0.39, 0.29) is 23.0 Å². The van der Waals surface area contributed by atoms with E-state index in [4.69, 9.17) is 0 Å². The molecular weight excluding hydrogens is 276 g/mol. The van der Waals surface area contributed by atoms with Crippen LogP contribution in [0.3, 0.4) is 0 Å². The Morgan fingerprint density at radius 1 is 1.23 bits per heavy atom. The quantitative estimate of drug-likeness (QED) is 0.872. The number of ketones is 1. The first kappa shape index (κ1) is 14.9. The van der Waals surface area contributed by atoms with Gasteiger partial charge < -0.3 is 0 Å². The van der Waals surface area contributed by atoms with Crippen LogP contribution in [0.1, 0.15) is 51.0 Å². The molecule has 0 spiro atoms. The summed E-state index contributed by atoms with van der Waals surface area (Å²) in [5.41, 5.74) is 4.63. The largest absolute Gasteiger partial charge is 0.299 e. The van der Waals surface area contributed by atoms with E-state index in [0.717, 1.165) is 18.6 Å². The fraction of sp³-hybridized carbons (Fsp3) is 0.500.